The lowest BCUT2D eigenvalue weighted by atomic mass is 9.94. The molecule has 122 heavy (non-hydrogen) atoms. The van der Waals surface area contributed by atoms with Gasteiger partial charge in [0.05, 0.1) is 0 Å². The van der Waals surface area contributed by atoms with Crippen LogP contribution in [0.1, 0.15) is 44.5 Å². The third kappa shape index (κ3) is 26.9. The highest BCUT2D eigenvalue weighted by atomic mass is 14.1. The number of benzene rings is 19. The lowest BCUT2D eigenvalue weighted by Crippen LogP contribution is -1.84. The van der Waals surface area contributed by atoms with Crippen LogP contribution in [0.2, 0.25) is 0 Å². The summed E-state index contributed by atoms with van der Waals surface area (Å²) in [6.45, 7) is 17.0. The highest BCUT2D eigenvalue weighted by Crippen LogP contribution is 2.34. The first-order valence-corrected chi connectivity index (χ1v) is 42.1. The van der Waals surface area contributed by atoms with E-state index in [0.29, 0.717) is 0 Å². The molecule has 0 fully saturated rings. The summed E-state index contributed by atoms with van der Waals surface area (Å²) in [7, 11) is 0. The molecule has 19 rings (SSSR count). The highest BCUT2D eigenvalue weighted by Gasteiger charge is 2.09. The number of hydrogen-bond donors (Lipinski definition) is 0. The van der Waals surface area contributed by atoms with E-state index < -0.39 is 0 Å². The number of aryl methyl sites for hydroxylation is 8. The van der Waals surface area contributed by atoms with Gasteiger partial charge in [-0.25, -0.2) is 0 Å². The van der Waals surface area contributed by atoms with Crippen molar-refractivity contribution in [3.63, 3.8) is 0 Å². The zero-order valence-electron chi connectivity index (χ0n) is 71.5. The molecule has 0 aliphatic heterocycles. The van der Waals surface area contributed by atoms with Crippen LogP contribution < -0.4 is 0 Å². The lowest BCUT2D eigenvalue weighted by molar-refractivity contribution is 1.46. The summed E-state index contributed by atoms with van der Waals surface area (Å²) >= 11 is 0. The first kappa shape index (κ1) is 86.5. The number of rotatable bonds is 11. The maximum absolute atomic E-state index is 2.22. The Labute approximate surface area is 726 Å². The molecule has 0 unspecified atom stereocenters. The fraction of sp³-hybridized carbons (Fsp3) is 0.0656. The van der Waals surface area contributed by atoms with Crippen LogP contribution in [0.3, 0.4) is 0 Å². The van der Waals surface area contributed by atoms with Gasteiger partial charge in [-0.05, 0) is 189 Å². The molecule has 0 atom stereocenters. The van der Waals surface area contributed by atoms with Crippen LogP contribution >= 0.6 is 0 Å². The van der Waals surface area contributed by atoms with E-state index in [1.165, 1.54) is 167 Å². The van der Waals surface area contributed by atoms with Crippen molar-refractivity contribution < 1.29 is 0 Å². The van der Waals surface area contributed by atoms with E-state index in [-0.39, 0.29) is 0 Å². The molecule has 0 amide bonds. The van der Waals surface area contributed by atoms with Crippen LogP contribution in [-0.2, 0) is 0 Å². The van der Waals surface area contributed by atoms with Gasteiger partial charge in [-0.1, -0.05) is 543 Å². The van der Waals surface area contributed by atoms with Crippen molar-refractivity contribution >= 4 is 0 Å². The number of hydrogen-bond acceptors (Lipinski definition) is 0. The minimum atomic E-state index is 1.26. The molecule has 596 valence electrons. The van der Waals surface area contributed by atoms with E-state index in [1.807, 2.05) is 54.6 Å². The molecule has 19 aromatic carbocycles. The van der Waals surface area contributed by atoms with E-state index in [2.05, 4.69) is 510 Å². The SMILES string of the molecule is Cc1ccc(-c2ccc(-c3ccccc3)cc2)cc1.Cc1ccc(-c2ccccc2)cc1.Cc1ccc(-c2ccccc2-c2ccccc2)cc1.Cc1cccc(-c2ccc(-c3ccccc3)cc2)c1.Cc1cccc(-c2ccccc2)c1.Cc1ccccc1.Cc1ccccc1-c1ccc(-c2ccccc2)cc1.Cc1ccccc1-c1ccccc1. The Morgan fingerprint density at radius 2 is 0.238 bits per heavy atom. The van der Waals surface area contributed by atoms with Crippen LogP contribution in [0.4, 0.5) is 0 Å². The third-order valence-electron chi connectivity index (χ3n) is 21.0. The highest BCUT2D eigenvalue weighted by molar-refractivity contribution is 5.84. The van der Waals surface area contributed by atoms with E-state index in [9.17, 15) is 0 Å². The topological polar surface area (TPSA) is 0 Å². The smallest absolute Gasteiger partial charge is 0.0105 e. The van der Waals surface area contributed by atoms with Gasteiger partial charge in [0, 0.05) is 0 Å². The van der Waals surface area contributed by atoms with Gasteiger partial charge in [0.2, 0.25) is 0 Å². The summed E-state index contributed by atoms with van der Waals surface area (Å²) in [5.74, 6) is 0. The summed E-state index contributed by atoms with van der Waals surface area (Å²) in [4.78, 5) is 0. The van der Waals surface area contributed by atoms with Crippen molar-refractivity contribution in [2.24, 2.45) is 0 Å². The average molecular weight is 1570 g/mol. The quantitative estimate of drug-likeness (QED) is 0.121. The molecule has 0 radical (unpaired) electrons. The third-order valence-corrected chi connectivity index (χ3v) is 21.0. The monoisotopic (exact) mass is 1570 g/mol. The van der Waals surface area contributed by atoms with Crippen LogP contribution in [-0.4, -0.2) is 0 Å². The summed E-state index contributed by atoms with van der Waals surface area (Å²) in [6.07, 6.45) is 0. The summed E-state index contributed by atoms with van der Waals surface area (Å²) in [6, 6.07) is 178. The molecule has 0 aliphatic rings. The maximum atomic E-state index is 2.22. The largest absolute Gasteiger partial charge is 0.0622 e. The molecule has 0 saturated heterocycles. The Morgan fingerprint density at radius 1 is 0.0902 bits per heavy atom. The molecule has 0 aromatic heterocycles. The van der Waals surface area contributed by atoms with Gasteiger partial charge in [-0.2, -0.15) is 0 Å². The summed E-state index contributed by atoms with van der Waals surface area (Å²) < 4.78 is 0. The molecule has 0 N–H and O–H groups in total. The van der Waals surface area contributed by atoms with Gasteiger partial charge in [-0.3, -0.25) is 0 Å². The van der Waals surface area contributed by atoms with Gasteiger partial charge in [-0.15, -0.1) is 0 Å². The Kier molecular flexibility index (Phi) is 32.9. The van der Waals surface area contributed by atoms with Gasteiger partial charge in [0.1, 0.15) is 0 Å². The van der Waals surface area contributed by atoms with E-state index in [1.54, 1.807) is 0 Å². The Hall–Kier alpha value is -14.8. The van der Waals surface area contributed by atoms with Crippen molar-refractivity contribution in [2.45, 2.75) is 55.4 Å². The normalized spacial score (nSPS) is 10.1. The Morgan fingerprint density at radius 3 is 0.492 bits per heavy atom. The van der Waals surface area contributed by atoms with Crippen molar-refractivity contribution in [1.82, 2.24) is 0 Å². The molecule has 0 spiro atoms. The summed E-state index contributed by atoms with van der Waals surface area (Å²) in [5, 5.41) is 0. The van der Waals surface area contributed by atoms with E-state index in [0.717, 1.165) is 0 Å². The van der Waals surface area contributed by atoms with Crippen molar-refractivity contribution in [3.8, 4) is 122 Å². The molecule has 0 aliphatic carbocycles. The second-order valence-electron chi connectivity index (χ2n) is 30.5. The molecule has 0 bridgehead atoms. The molecule has 0 heterocycles. The predicted octanol–water partition coefficient (Wildman–Crippen LogP) is 34.3. The lowest BCUT2D eigenvalue weighted by Gasteiger charge is -2.10. The maximum Gasteiger partial charge on any atom is -0.0105 e. The van der Waals surface area contributed by atoms with Gasteiger partial charge in [0.25, 0.3) is 0 Å². The van der Waals surface area contributed by atoms with Crippen LogP contribution in [0, 0.1) is 55.4 Å². The molecule has 19 aromatic rings. The minimum absolute atomic E-state index is 1.26. The molecule has 0 heteroatoms. The van der Waals surface area contributed by atoms with Crippen LogP contribution in [0.15, 0.2) is 510 Å². The van der Waals surface area contributed by atoms with E-state index >= 15 is 0 Å². The average Bonchev–Trinajstić information content (AvgIpc) is 0.821. The fourth-order valence-electron chi connectivity index (χ4n) is 14.1. The molecular formula is C122H108. The first-order valence-electron chi connectivity index (χ1n) is 42.1. The zero-order valence-corrected chi connectivity index (χ0v) is 71.5. The van der Waals surface area contributed by atoms with Gasteiger partial charge < -0.3 is 0 Å². The molecular weight excluding hydrogens is 1470 g/mol. The minimum Gasteiger partial charge on any atom is -0.0622 e. The fourth-order valence-corrected chi connectivity index (χ4v) is 14.1. The summed E-state index contributed by atoms with van der Waals surface area (Å²) in [5.41, 5.74) is 38.5. The van der Waals surface area contributed by atoms with Crippen LogP contribution in [0.25, 0.3) is 122 Å². The molecule has 0 nitrogen and oxygen atoms in total. The van der Waals surface area contributed by atoms with Crippen LogP contribution in [0.5, 0.6) is 0 Å². The second kappa shape index (κ2) is 46.4. The second-order valence-corrected chi connectivity index (χ2v) is 30.5. The van der Waals surface area contributed by atoms with Gasteiger partial charge in [0.15, 0.2) is 0 Å². The first-order chi connectivity index (χ1) is 59.8. The van der Waals surface area contributed by atoms with Crippen molar-refractivity contribution in [3.05, 3.63) is 554 Å². The van der Waals surface area contributed by atoms with Gasteiger partial charge >= 0.3 is 0 Å². The van der Waals surface area contributed by atoms with E-state index in [4.69, 9.17) is 0 Å². The standard InChI is InChI=1S/4C19H16.3C13H12.C7H8/c1-15-7-5-6-10-19(15)18-13-11-17(12-14-18)16-8-3-2-4-9-16;1-15-6-5-9-19(14-15)18-12-10-17(11-13-18)16-7-3-2-4-8-16;1-15-11-13-17(14-12-15)19-10-6-5-9-18(19)16-7-3-2-4-8-16;1-15-7-9-17(10-8-15)19-13-11-18(12-14-19)16-5-3-2-4-6-16;1-11-7-5-6-10-13(11)12-8-3-2-4-9-12;1-11-6-5-9-13(10-11)12-7-3-2-4-8-12;1-11-7-9-13(10-8-11)12-5-3-2-4-6-12;1-7-5-3-2-4-6-7/h4*2-14H,1H3;3*2-10H,1H3;2-6H,1H3. The molecule has 0 saturated carbocycles. The zero-order chi connectivity index (χ0) is 84.7. The predicted molar refractivity (Wildman–Crippen MR) is 529 cm³/mol. The Balaban J connectivity index is 0.000000129. The van der Waals surface area contributed by atoms with Crippen molar-refractivity contribution in [2.75, 3.05) is 0 Å². The Bertz CT molecular complexity index is 6190. The van der Waals surface area contributed by atoms with Crippen molar-refractivity contribution in [1.29, 1.82) is 0 Å².